The van der Waals surface area contributed by atoms with Gasteiger partial charge < -0.3 is 9.80 Å². The Hall–Kier alpha value is -1.25. The molecule has 1 aromatic rings. The van der Waals surface area contributed by atoms with Crippen LogP contribution in [-0.2, 0) is 9.84 Å². The van der Waals surface area contributed by atoms with Crippen molar-refractivity contribution in [3.8, 4) is 0 Å². The molecule has 9 heteroatoms. The van der Waals surface area contributed by atoms with Crippen molar-refractivity contribution in [1.29, 1.82) is 0 Å². The smallest absolute Gasteiger partial charge is 0.274 e. The first-order valence-corrected chi connectivity index (χ1v) is 9.15. The lowest BCUT2D eigenvalue weighted by atomic mass is 10.0. The van der Waals surface area contributed by atoms with E-state index in [9.17, 15) is 13.2 Å². The van der Waals surface area contributed by atoms with Crippen LogP contribution in [0, 0.1) is 0 Å². The van der Waals surface area contributed by atoms with Crippen LogP contribution < -0.4 is 0 Å². The number of carbonyl (C=O) groups is 1. The average molecular weight is 347 g/mol. The van der Waals surface area contributed by atoms with Crippen molar-refractivity contribution in [3.63, 3.8) is 0 Å². The fourth-order valence-corrected chi connectivity index (χ4v) is 3.07. The molecule has 22 heavy (non-hydrogen) atoms. The molecule has 2 rings (SSSR count). The predicted octanol–water partition coefficient (Wildman–Crippen LogP) is 0.700. The molecule has 0 atom stereocenters. The first kappa shape index (κ1) is 17.1. The maximum atomic E-state index is 12.6. The first-order valence-electron chi connectivity index (χ1n) is 6.88. The number of nitrogens with zero attached hydrogens (tertiary/aromatic N) is 4. The van der Waals surface area contributed by atoms with E-state index in [0.717, 1.165) is 38.4 Å². The zero-order chi connectivity index (χ0) is 16.5. The zero-order valence-electron chi connectivity index (χ0n) is 12.8. The third-order valence-corrected chi connectivity index (χ3v) is 4.95. The van der Waals surface area contributed by atoms with Gasteiger partial charge in [-0.05, 0) is 33.0 Å². The molecule has 0 radical (unpaired) electrons. The van der Waals surface area contributed by atoms with E-state index in [1.165, 1.54) is 0 Å². The highest BCUT2D eigenvalue weighted by molar-refractivity contribution is 7.90. The molecule has 1 aromatic heterocycles. The van der Waals surface area contributed by atoms with Gasteiger partial charge in [0, 0.05) is 19.3 Å². The summed E-state index contributed by atoms with van der Waals surface area (Å²) in [5.74, 6) is -0.383. The number of halogens is 1. The largest absolute Gasteiger partial charge is 0.337 e. The van der Waals surface area contributed by atoms with E-state index >= 15 is 0 Å². The molecule has 2 heterocycles. The second-order valence-corrected chi connectivity index (χ2v) is 7.89. The van der Waals surface area contributed by atoms with Crippen LogP contribution in [0.5, 0.6) is 0 Å². The van der Waals surface area contributed by atoms with E-state index in [2.05, 4.69) is 14.9 Å². The SMILES string of the molecule is CN1CCC(N(C)C(=O)c2nc(S(C)(=O)=O)ncc2Cl)CC1. The molecular formula is C13H19ClN4O3S. The minimum Gasteiger partial charge on any atom is -0.337 e. The van der Waals surface area contributed by atoms with Crippen molar-refractivity contribution in [2.75, 3.05) is 33.4 Å². The topological polar surface area (TPSA) is 83.5 Å². The number of likely N-dealkylation sites (tertiary alicyclic amines) is 1. The van der Waals surface area contributed by atoms with Crippen LogP contribution in [0.4, 0.5) is 0 Å². The summed E-state index contributed by atoms with van der Waals surface area (Å²) >= 11 is 5.97. The van der Waals surface area contributed by atoms with Gasteiger partial charge in [0.05, 0.1) is 11.2 Å². The minimum absolute atomic E-state index is 0.0529. The van der Waals surface area contributed by atoms with E-state index in [0.29, 0.717) is 0 Å². The van der Waals surface area contributed by atoms with Gasteiger partial charge in [-0.25, -0.2) is 18.4 Å². The third-order valence-electron chi connectivity index (χ3n) is 3.81. The summed E-state index contributed by atoms with van der Waals surface area (Å²) in [5, 5.41) is -0.339. The van der Waals surface area contributed by atoms with Gasteiger partial charge in [-0.15, -0.1) is 0 Å². The van der Waals surface area contributed by atoms with Crippen LogP contribution in [0.2, 0.25) is 5.02 Å². The van der Waals surface area contributed by atoms with E-state index in [4.69, 9.17) is 11.6 Å². The van der Waals surface area contributed by atoms with Crippen LogP contribution in [0.1, 0.15) is 23.3 Å². The number of aromatic nitrogens is 2. The number of hydrogen-bond acceptors (Lipinski definition) is 6. The molecule has 1 aliphatic rings. The molecule has 0 aliphatic carbocycles. The van der Waals surface area contributed by atoms with Gasteiger partial charge in [0.25, 0.3) is 5.91 Å². The standard InChI is InChI=1S/C13H19ClN4O3S/c1-17-6-4-9(5-7-17)18(2)12(19)11-10(14)8-15-13(16-11)22(3,20)21/h8-9H,4-7H2,1-3H3. The molecule has 0 N–H and O–H groups in total. The van der Waals surface area contributed by atoms with Crippen LogP contribution in [0.25, 0.3) is 0 Å². The lowest BCUT2D eigenvalue weighted by Gasteiger charge is -2.35. The van der Waals surface area contributed by atoms with Gasteiger partial charge in [-0.1, -0.05) is 11.6 Å². The van der Waals surface area contributed by atoms with Gasteiger partial charge in [0.1, 0.15) is 0 Å². The fraction of sp³-hybridized carbons (Fsp3) is 0.615. The second kappa shape index (κ2) is 6.47. The predicted molar refractivity (Wildman–Crippen MR) is 82.8 cm³/mol. The first-order chi connectivity index (χ1) is 10.2. The monoisotopic (exact) mass is 346 g/mol. The molecule has 1 saturated heterocycles. The van der Waals surface area contributed by atoms with Crippen molar-refractivity contribution >= 4 is 27.3 Å². The quantitative estimate of drug-likeness (QED) is 0.749. The lowest BCUT2D eigenvalue weighted by molar-refractivity contribution is 0.0653. The number of rotatable bonds is 3. The average Bonchev–Trinajstić information content (AvgIpc) is 2.46. The number of carbonyl (C=O) groups excluding carboxylic acids is 1. The van der Waals surface area contributed by atoms with Crippen LogP contribution >= 0.6 is 11.6 Å². The van der Waals surface area contributed by atoms with E-state index in [1.807, 2.05) is 7.05 Å². The highest BCUT2D eigenvalue weighted by Gasteiger charge is 2.28. The molecule has 122 valence electrons. The maximum Gasteiger partial charge on any atom is 0.274 e. The van der Waals surface area contributed by atoms with Gasteiger partial charge in [0.2, 0.25) is 15.0 Å². The van der Waals surface area contributed by atoms with E-state index in [1.54, 1.807) is 11.9 Å². The van der Waals surface area contributed by atoms with E-state index < -0.39 is 15.0 Å². The highest BCUT2D eigenvalue weighted by atomic mass is 35.5. The lowest BCUT2D eigenvalue weighted by Crippen LogP contribution is -2.44. The molecule has 1 amide bonds. The fourth-order valence-electron chi connectivity index (χ4n) is 2.39. The minimum atomic E-state index is -3.59. The summed E-state index contributed by atoms with van der Waals surface area (Å²) < 4.78 is 23.1. The Balaban J connectivity index is 2.25. The van der Waals surface area contributed by atoms with Crippen molar-refractivity contribution in [3.05, 3.63) is 16.9 Å². The molecule has 0 spiro atoms. The summed E-state index contributed by atoms with van der Waals surface area (Å²) in [6.45, 7) is 1.82. The summed E-state index contributed by atoms with van der Waals surface area (Å²) in [7, 11) is 0.139. The number of hydrogen-bond donors (Lipinski definition) is 0. The number of piperidine rings is 1. The summed E-state index contributed by atoms with van der Waals surface area (Å²) in [6.07, 6.45) is 3.87. The maximum absolute atomic E-state index is 12.6. The third kappa shape index (κ3) is 3.74. The zero-order valence-corrected chi connectivity index (χ0v) is 14.4. The van der Waals surface area contributed by atoms with Gasteiger partial charge in [0.15, 0.2) is 5.69 Å². The Morgan fingerprint density at radius 1 is 1.41 bits per heavy atom. The Morgan fingerprint density at radius 2 is 2.00 bits per heavy atom. The normalized spacial score (nSPS) is 17.5. The summed E-state index contributed by atoms with van der Waals surface area (Å²) in [5.41, 5.74) is -0.0708. The number of sulfone groups is 1. The van der Waals surface area contributed by atoms with Crippen LogP contribution in [0.15, 0.2) is 11.4 Å². The van der Waals surface area contributed by atoms with Crippen molar-refractivity contribution in [2.24, 2.45) is 0 Å². The molecule has 7 nitrogen and oxygen atoms in total. The van der Waals surface area contributed by atoms with Gasteiger partial charge in [-0.3, -0.25) is 4.79 Å². The van der Waals surface area contributed by atoms with Gasteiger partial charge >= 0.3 is 0 Å². The van der Waals surface area contributed by atoms with Crippen LogP contribution in [-0.4, -0.2) is 73.6 Å². The molecule has 1 fully saturated rings. The second-order valence-electron chi connectivity index (χ2n) is 5.57. The van der Waals surface area contributed by atoms with Crippen molar-refractivity contribution < 1.29 is 13.2 Å². The molecule has 0 saturated carbocycles. The van der Waals surface area contributed by atoms with Gasteiger partial charge in [-0.2, -0.15) is 0 Å². The molecule has 0 bridgehead atoms. The van der Waals surface area contributed by atoms with Crippen molar-refractivity contribution in [1.82, 2.24) is 19.8 Å². The Labute approximate surface area is 135 Å². The Kier molecular flexibility index (Phi) is 5.03. The Morgan fingerprint density at radius 3 is 2.55 bits per heavy atom. The molecule has 0 unspecified atom stereocenters. The molecule has 0 aromatic carbocycles. The number of amides is 1. The molecule has 1 aliphatic heterocycles. The Bertz CT molecular complexity index is 672. The summed E-state index contributed by atoms with van der Waals surface area (Å²) in [4.78, 5) is 23.9. The van der Waals surface area contributed by atoms with Crippen LogP contribution in [0.3, 0.4) is 0 Å². The van der Waals surface area contributed by atoms with Crippen molar-refractivity contribution in [2.45, 2.75) is 24.0 Å². The van der Waals surface area contributed by atoms with E-state index in [-0.39, 0.29) is 22.7 Å². The highest BCUT2D eigenvalue weighted by Crippen LogP contribution is 2.20. The summed E-state index contributed by atoms with van der Waals surface area (Å²) in [6, 6.07) is 0.0939. The molecular weight excluding hydrogens is 328 g/mol.